The van der Waals surface area contributed by atoms with Crippen molar-refractivity contribution in [2.24, 2.45) is 0 Å². The Morgan fingerprint density at radius 3 is 2.39 bits per heavy atom. The summed E-state index contributed by atoms with van der Waals surface area (Å²) in [6.45, 7) is 10.1. The van der Waals surface area contributed by atoms with Crippen molar-refractivity contribution >= 4 is 5.78 Å². The quantitative estimate of drug-likeness (QED) is 0.770. The van der Waals surface area contributed by atoms with Crippen LogP contribution in [-0.2, 0) is 11.2 Å². The molecule has 0 bridgehead atoms. The summed E-state index contributed by atoms with van der Waals surface area (Å²) < 4.78 is 0. The van der Waals surface area contributed by atoms with E-state index in [4.69, 9.17) is 0 Å². The molecule has 0 unspecified atom stereocenters. The zero-order valence-electron chi connectivity index (χ0n) is 12.3. The Balaban J connectivity index is 2.53. The predicted octanol–water partition coefficient (Wildman–Crippen LogP) is 3.07. The highest BCUT2D eigenvalue weighted by Gasteiger charge is 2.06. The maximum absolute atomic E-state index is 10.9. The second kappa shape index (κ2) is 6.69. The van der Waals surface area contributed by atoms with Crippen LogP contribution in [0.2, 0.25) is 0 Å². The van der Waals surface area contributed by atoms with Crippen molar-refractivity contribution in [2.75, 3.05) is 20.1 Å². The molecule has 0 aromatic heterocycles. The van der Waals surface area contributed by atoms with E-state index in [0.717, 1.165) is 19.5 Å². The van der Waals surface area contributed by atoms with Gasteiger partial charge >= 0.3 is 0 Å². The molecule has 0 aliphatic carbocycles. The number of aryl methyl sites for hydroxylation is 1. The average Bonchev–Trinajstić information content (AvgIpc) is 2.32. The molecule has 0 aliphatic rings. The van der Waals surface area contributed by atoms with Gasteiger partial charge in [0.1, 0.15) is 5.78 Å². The fourth-order valence-electron chi connectivity index (χ4n) is 2.05. The van der Waals surface area contributed by atoms with Crippen LogP contribution in [0.4, 0.5) is 0 Å². The van der Waals surface area contributed by atoms with Crippen molar-refractivity contribution in [1.29, 1.82) is 0 Å². The van der Waals surface area contributed by atoms with E-state index in [2.05, 4.69) is 44.9 Å². The molecule has 2 heteroatoms. The lowest BCUT2D eigenvalue weighted by Gasteiger charge is -2.17. The van der Waals surface area contributed by atoms with Gasteiger partial charge in [0.2, 0.25) is 0 Å². The van der Waals surface area contributed by atoms with E-state index in [9.17, 15) is 4.79 Å². The number of carbonyl (C=O) groups is 1. The number of likely N-dealkylation sites (N-methyl/N-ethyl adjacent to an activating group) is 1. The van der Waals surface area contributed by atoms with Gasteiger partial charge in [-0.15, -0.1) is 0 Å². The molecule has 0 N–H and O–H groups in total. The van der Waals surface area contributed by atoms with Gasteiger partial charge in [0.05, 0.1) is 0 Å². The Labute approximate surface area is 111 Å². The predicted molar refractivity (Wildman–Crippen MR) is 77.2 cm³/mol. The van der Waals surface area contributed by atoms with Crippen LogP contribution in [0.3, 0.4) is 0 Å². The maximum atomic E-state index is 10.9. The average molecular weight is 247 g/mol. The van der Waals surface area contributed by atoms with E-state index in [1.807, 2.05) is 0 Å². The second-order valence-corrected chi connectivity index (χ2v) is 5.30. The molecular formula is C16H25NO. The van der Waals surface area contributed by atoms with Gasteiger partial charge in [-0.1, -0.05) is 12.1 Å². The monoisotopic (exact) mass is 247 g/mol. The first-order valence-corrected chi connectivity index (χ1v) is 6.65. The van der Waals surface area contributed by atoms with Crippen molar-refractivity contribution in [2.45, 2.75) is 40.5 Å². The Morgan fingerprint density at radius 1 is 1.11 bits per heavy atom. The van der Waals surface area contributed by atoms with Crippen LogP contribution < -0.4 is 0 Å². The molecule has 0 atom stereocenters. The largest absolute Gasteiger partial charge is 0.306 e. The minimum Gasteiger partial charge on any atom is -0.306 e. The number of ketones is 1. The third-order valence-corrected chi connectivity index (χ3v) is 3.78. The summed E-state index contributed by atoms with van der Waals surface area (Å²) in [6.07, 6.45) is 1.71. The van der Waals surface area contributed by atoms with Gasteiger partial charge in [0.25, 0.3) is 0 Å². The molecule has 0 saturated carbocycles. The molecule has 0 radical (unpaired) electrons. The van der Waals surface area contributed by atoms with Gasteiger partial charge in [-0.2, -0.15) is 0 Å². The zero-order valence-corrected chi connectivity index (χ0v) is 12.3. The standard InChI is InChI=1S/C16H25NO/c1-12-6-7-16(15(4)14(12)3)9-11-17(5)10-8-13(2)18/h6-7H,8-11H2,1-5H3. The van der Waals surface area contributed by atoms with E-state index in [0.29, 0.717) is 6.42 Å². The number of rotatable bonds is 6. The molecular weight excluding hydrogens is 222 g/mol. The first kappa shape index (κ1) is 14.9. The molecule has 18 heavy (non-hydrogen) atoms. The lowest BCUT2D eigenvalue weighted by atomic mass is 9.97. The van der Waals surface area contributed by atoms with Crippen LogP contribution in [0.5, 0.6) is 0 Å². The number of hydrogen-bond donors (Lipinski definition) is 0. The summed E-state index contributed by atoms with van der Waals surface area (Å²) in [5.41, 5.74) is 5.60. The normalized spacial score (nSPS) is 11.0. The first-order chi connectivity index (χ1) is 8.41. The van der Waals surface area contributed by atoms with Gasteiger partial charge in [-0.3, -0.25) is 4.79 Å². The fourth-order valence-corrected chi connectivity index (χ4v) is 2.05. The number of Topliss-reactive ketones (excluding diaryl/α,β-unsaturated/α-hetero) is 1. The fraction of sp³-hybridized carbons (Fsp3) is 0.562. The molecule has 2 nitrogen and oxygen atoms in total. The van der Waals surface area contributed by atoms with Gasteiger partial charge in [-0.25, -0.2) is 0 Å². The van der Waals surface area contributed by atoms with Gasteiger partial charge in [0.15, 0.2) is 0 Å². The molecule has 1 rings (SSSR count). The van der Waals surface area contributed by atoms with Crippen molar-refractivity contribution < 1.29 is 4.79 Å². The third kappa shape index (κ3) is 4.26. The highest BCUT2D eigenvalue weighted by molar-refractivity contribution is 5.75. The number of hydrogen-bond acceptors (Lipinski definition) is 2. The van der Waals surface area contributed by atoms with E-state index in [1.54, 1.807) is 6.92 Å². The van der Waals surface area contributed by atoms with Crippen LogP contribution in [0, 0.1) is 20.8 Å². The minimum atomic E-state index is 0.268. The van der Waals surface area contributed by atoms with E-state index in [-0.39, 0.29) is 5.78 Å². The lowest BCUT2D eigenvalue weighted by molar-refractivity contribution is -0.117. The van der Waals surface area contributed by atoms with E-state index in [1.165, 1.54) is 22.3 Å². The molecule has 0 aliphatic heterocycles. The summed E-state index contributed by atoms with van der Waals surface area (Å²) in [6, 6.07) is 4.43. The van der Waals surface area contributed by atoms with Gasteiger partial charge in [0, 0.05) is 19.5 Å². The molecule has 100 valence electrons. The van der Waals surface area contributed by atoms with Crippen molar-refractivity contribution in [1.82, 2.24) is 4.90 Å². The van der Waals surface area contributed by atoms with Crippen molar-refractivity contribution in [3.05, 3.63) is 34.4 Å². The SMILES string of the molecule is CC(=O)CCN(C)CCc1ccc(C)c(C)c1C. The maximum Gasteiger partial charge on any atom is 0.131 e. The highest BCUT2D eigenvalue weighted by atomic mass is 16.1. The molecule has 0 saturated heterocycles. The topological polar surface area (TPSA) is 20.3 Å². The van der Waals surface area contributed by atoms with Crippen LogP contribution >= 0.6 is 0 Å². The number of nitrogens with zero attached hydrogens (tertiary/aromatic N) is 1. The van der Waals surface area contributed by atoms with Crippen LogP contribution in [0.15, 0.2) is 12.1 Å². The summed E-state index contributed by atoms with van der Waals surface area (Å²) in [4.78, 5) is 13.2. The smallest absolute Gasteiger partial charge is 0.131 e. The molecule has 0 spiro atoms. The molecule has 0 fully saturated rings. The zero-order chi connectivity index (χ0) is 13.7. The van der Waals surface area contributed by atoms with Crippen molar-refractivity contribution in [3.63, 3.8) is 0 Å². The van der Waals surface area contributed by atoms with Gasteiger partial charge in [-0.05, 0) is 63.4 Å². The Kier molecular flexibility index (Phi) is 5.54. The van der Waals surface area contributed by atoms with Crippen LogP contribution in [0.25, 0.3) is 0 Å². The lowest BCUT2D eigenvalue weighted by Crippen LogP contribution is -2.24. The summed E-state index contributed by atoms with van der Waals surface area (Å²) in [5, 5.41) is 0. The third-order valence-electron chi connectivity index (χ3n) is 3.78. The summed E-state index contributed by atoms with van der Waals surface area (Å²) in [7, 11) is 2.08. The summed E-state index contributed by atoms with van der Waals surface area (Å²) >= 11 is 0. The van der Waals surface area contributed by atoms with E-state index < -0.39 is 0 Å². The minimum absolute atomic E-state index is 0.268. The molecule has 1 aromatic carbocycles. The van der Waals surface area contributed by atoms with E-state index >= 15 is 0 Å². The van der Waals surface area contributed by atoms with Crippen LogP contribution in [-0.4, -0.2) is 30.8 Å². The molecule has 0 amide bonds. The number of benzene rings is 1. The Hall–Kier alpha value is -1.15. The summed E-state index contributed by atoms with van der Waals surface area (Å²) in [5.74, 6) is 0.268. The molecule has 0 heterocycles. The second-order valence-electron chi connectivity index (χ2n) is 5.30. The Bertz CT molecular complexity index is 423. The van der Waals surface area contributed by atoms with Crippen LogP contribution in [0.1, 0.15) is 35.6 Å². The first-order valence-electron chi connectivity index (χ1n) is 6.65. The molecule has 1 aromatic rings. The highest BCUT2D eigenvalue weighted by Crippen LogP contribution is 2.17. The number of carbonyl (C=O) groups excluding carboxylic acids is 1. The Morgan fingerprint density at radius 2 is 1.78 bits per heavy atom. The van der Waals surface area contributed by atoms with Gasteiger partial charge < -0.3 is 4.90 Å². The van der Waals surface area contributed by atoms with Crippen molar-refractivity contribution in [3.8, 4) is 0 Å².